The summed E-state index contributed by atoms with van der Waals surface area (Å²) in [6.45, 7) is 2.13. The Hall–Kier alpha value is -0.960. The van der Waals surface area contributed by atoms with Gasteiger partial charge in [0.25, 0.3) is 0 Å². The van der Waals surface area contributed by atoms with Crippen molar-refractivity contribution in [2.24, 2.45) is 4.99 Å². The summed E-state index contributed by atoms with van der Waals surface area (Å²) in [7, 11) is 0. The van der Waals surface area contributed by atoms with Crippen LogP contribution in [0.4, 0.5) is 0 Å². The van der Waals surface area contributed by atoms with Crippen LogP contribution in [0.2, 0.25) is 0 Å². The zero-order valence-electron chi connectivity index (χ0n) is 10.9. The van der Waals surface area contributed by atoms with Crippen LogP contribution in [0.1, 0.15) is 36.8 Å². The van der Waals surface area contributed by atoms with Gasteiger partial charge in [-0.05, 0) is 25.3 Å². The minimum atomic E-state index is 0.555. The molecule has 1 aliphatic carbocycles. The van der Waals surface area contributed by atoms with Gasteiger partial charge < -0.3 is 5.32 Å². The van der Waals surface area contributed by atoms with Gasteiger partial charge in [0, 0.05) is 5.75 Å². The third-order valence-corrected chi connectivity index (χ3v) is 4.79. The predicted molar refractivity (Wildman–Crippen MR) is 79.1 cm³/mol. The average molecular weight is 260 g/mol. The zero-order valence-corrected chi connectivity index (χ0v) is 11.7. The highest BCUT2D eigenvalue weighted by Crippen LogP contribution is 2.27. The lowest BCUT2D eigenvalue weighted by Crippen LogP contribution is -2.36. The quantitative estimate of drug-likeness (QED) is 0.880. The molecule has 18 heavy (non-hydrogen) atoms. The molecule has 1 N–H and O–H groups in total. The molecule has 0 unspecified atom stereocenters. The number of nitrogens with one attached hydrogen (secondary N) is 1. The van der Waals surface area contributed by atoms with Gasteiger partial charge in [-0.25, -0.2) is 0 Å². The zero-order chi connectivity index (χ0) is 12.4. The summed E-state index contributed by atoms with van der Waals surface area (Å²) in [5, 5.41) is 4.75. The Labute approximate surface area is 113 Å². The molecule has 2 aliphatic rings. The van der Waals surface area contributed by atoms with E-state index < -0.39 is 0 Å². The van der Waals surface area contributed by atoms with Gasteiger partial charge in [-0.1, -0.05) is 54.4 Å². The van der Waals surface area contributed by atoms with Crippen molar-refractivity contribution in [3.05, 3.63) is 35.4 Å². The van der Waals surface area contributed by atoms with Crippen LogP contribution in [-0.4, -0.2) is 17.3 Å². The molecule has 2 atom stereocenters. The Morgan fingerprint density at radius 2 is 2.00 bits per heavy atom. The molecule has 96 valence electrons. The highest BCUT2D eigenvalue weighted by atomic mass is 32.2. The van der Waals surface area contributed by atoms with Crippen molar-refractivity contribution in [1.82, 2.24) is 5.32 Å². The third kappa shape index (κ3) is 2.72. The van der Waals surface area contributed by atoms with Gasteiger partial charge in [0.1, 0.15) is 0 Å². The van der Waals surface area contributed by atoms with E-state index in [0.29, 0.717) is 12.1 Å². The van der Waals surface area contributed by atoms with Crippen molar-refractivity contribution < 1.29 is 0 Å². The molecular formula is C15H20N2S. The minimum absolute atomic E-state index is 0.555. The first-order valence-electron chi connectivity index (χ1n) is 6.84. The van der Waals surface area contributed by atoms with Gasteiger partial charge in [-0.15, -0.1) is 0 Å². The second-order valence-electron chi connectivity index (χ2n) is 5.31. The standard InChI is InChI=1S/C15H20N2S/c1-11-6-8-12(9-7-11)10-18-15-16-13-4-2-3-5-14(13)17-15/h6-9,13-14H,2-5,10H2,1H3,(H,16,17)/t13-,14-/m1/s1. The number of hydrogen-bond donors (Lipinski definition) is 1. The van der Waals surface area contributed by atoms with Crippen LogP contribution in [0.5, 0.6) is 0 Å². The molecule has 0 bridgehead atoms. The summed E-state index contributed by atoms with van der Waals surface area (Å²) in [5.41, 5.74) is 2.70. The van der Waals surface area contributed by atoms with Crippen molar-refractivity contribution in [3.63, 3.8) is 0 Å². The molecule has 1 saturated carbocycles. The summed E-state index contributed by atoms with van der Waals surface area (Å²) in [5.74, 6) is 1.02. The largest absolute Gasteiger partial charge is 0.360 e. The van der Waals surface area contributed by atoms with E-state index in [1.807, 2.05) is 11.8 Å². The van der Waals surface area contributed by atoms with Crippen LogP contribution in [0.3, 0.4) is 0 Å². The Morgan fingerprint density at radius 1 is 1.22 bits per heavy atom. The Balaban J connectivity index is 1.56. The van der Waals surface area contributed by atoms with E-state index in [2.05, 4.69) is 36.5 Å². The number of benzene rings is 1. The van der Waals surface area contributed by atoms with Crippen LogP contribution in [0.25, 0.3) is 0 Å². The maximum atomic E-state index is 4.81. The van der Waals surface area contributed by atoms with E-state index in [1.54, 1.807) is 0 Å². The van der Waals surface area contributed by atoms with E-state index >= 15 is 0 Å². The van der Waals surface area contributed by atoms with E-state index in [9.17, 15) is 0 Å². The van der Waals surface area contributed by atoms with Gasteiger partial charge in [-0.2, -0.15) is 0 Å². The molecule has 1 aromatic rings. The van der Waals surface area contributed by atoms with Gasteiger partial charge in [-0.3, -0.25) is 4.99 Å². The van der Waals surface area contributed by atoms with Gasteiger partial charge in [0.15, 0.2) is 5.17 Å². The van der Waals surface area contributed by atoms with Crippen LogP contribution >= 0.6 is 11.8 Å². The lowest BCUT2D eigenvalue weighted by atomic mass is 9.92. The Bertz CT molecular complexity index is 438. The molecular weight excluding hydrogens is 240 g/mol. The van der Waals surface area contributed by atoms with E-state index in [4.69, 9.17) is 4.99 Å². The molecule has 0 aromatic heterocycles. The number of fused-ring (bicyclic) bond motifs is 1. The van der Waals surface area contributed by atoms with Crippen LogP contribution < -0.4 is 5.32 Å². The van der Waals surface area contributed by atoms with Gasteiger partial charge in [0.05, 0.1) is 12.1 Å². The van der Waals surface area contributed by atoms with Crippen LogP contribution in [0, 0.1) is 6.92 Å². The van der Waals surface area contributed by atoms with Crippen molar-refractivity contribution in [2.75, 3.05) is 0 Å². The molecule has 3 rings (SSSR count). The average Bonchev–Trinajstić information content (AvgIpc) is 2.81. The summed E-state index contributed by atoms with van der Waals surface area (Å²) in [6.07, 6.45) is 5.27. The maximum Gasteiger partial charge on any atom is 0.157 e. The summed E-state index contributed by atoms with van der Waals surface area (Å²) < 4.78 is 0. The van der Waals surface area contributed by atoms with Crippen LogP contribution in [-0.2, 0) is 5.75 Å². The number of amidine groups is 1. The molecule has 1 aromatic carbocycles. The van der Waals surface area contributed by atoms with Crippen molar-refractivity contribution in [3.8, 4) is 0 Å². The number of aryl methyl sites for hydroxylation is 1. The summed E-state index contributed by atoms with van der Waals surface area (Å²) in [4.78, 5) is 4.81. The van der Waals surface area contributed by atoms with Crippen molar-refractivity contribution in [1.29, 1.82) is 0 Å². The SMILES string of the molecule is Cc1ccc(CSC2=N[C@@H]3CCCC[C@H]3N2)cc1. The smallest absolute Gasteiger partial charge is 0.157 e. The molecule has 1 fully saturated rings. The third-order valence-electron chi connectivity index (χ3n) is 3.82. The van der Waals surface area contributed by atoms with E-state index in [-0.39, 0.29) is 0 Å². The minimum Gasteiger partial charge on any atom is -0.360 e. The van der Waals surface area contributed by atoms with Crippen molar-refractivity contribution in [2.45, 2.75) is 50.4 Å². The predicted octanol–water partition coefficient (Wildman–Crippen LogP) is 3.50. The second kappa shape index (κ2) is 5.35. The van der Waals surface area contributed by atoms with Gasteiger partial charge in [0.2, 0.25) is 0 Å². The topological polar surface area (TPSA) is 24.4 Å². The number of rotatable bonds is 2. The lowest BCUT2D eigenvalue weighted by molar-refractivity contribution is 0.385. The number of aliphatic imine (C=N–C) groups is 1. The monoisotopic (exact) mass is 260 g/mol. The molecule has 1 aliphatic heterocycles. The molecule has 3 heteroatoms. The molecule has 0 spiro atoms. The first-order chi connectivity index (χ1) is 8.81. The molecule has 0 saturated heterocycles. The second-order valence-corrected chi connectivity index (χ2v) is 6.28. The molecule has 0 amide bonds. The lowest BCUT2D eigenvalue weighted by Gasteiger charge is -2.23. The number of hydrogen-bond acceptors (Lipinski definition) is 3. The fourth-order valence-corrected chi connectivity index (χ4v) is 3.64. The first-order valence-corrected chi connectivity index (χ1v) is 7.82. The molecule has 0 radical (unpaired) electrons. The highest BCUT2D eigenvalue weighted by Gasteiger charge is 2.30. The first kappa shape index (κ1) is 12.1. The summed E-state index contributed by atoms with van der Waals surface area (Å²) >= 11 is 1.85. The fourth-order valence-electron chi connectivity index (χ4n) is 2.70. The highest BCUT2D eigenvalue weighted by molar-refractivity contribution is 8.13. The number of nitrogens with zero attached hydrogens (tertiary/aromatic N) is 1. The Morgan fingerprint density at radius 3 is 2.78 bits per heavy atom. The molecule has 2 nitrogen and oxygen atoms in total. The van der Waals surface area contributed by atoms with E-state index in [0.717, 1.165) is 10.9 Å². The number of thioether (sulfide) groups is 1. The van der Waals surface area contributed by atoms with Crippen molar-refractivity contribution >= 4 is 16.9 Å². The van der Waals surface area contributed by atoms with E-state index in [1.165, 1.54) is 36.8 Å². The maximum absolute atomic E-state index is 4.81. The normalized spacial score (nSPS) is 26.4. The van der Waals surface area contributed by atoms with Crippen LogP contribution in [0.15, 0.2) is 29.3 Å². The fraction of sp³-hybridized carbons (Fsp3) is 0.533. The molecule has 1 heterocycles. The van der Waals surface area contributed by atoms with Gasteiger partial charge >= 0.3 is 0 Å². The Kier molecular flexibility index (Phi) is 3.59. The summed E-state index contributed by atoms with van der Waals surface area (Å²) in [6, 6.07) is 9.97.